The summed E-state index contributed by atoms with van der Waals surface area (Å²) in [4.78, 5) is 25.6. The molecule has 124 valence electrons. The average molecular weight is 342 g/mol. The van der Waals surface area contributed by atoms with E-state index in [0.717, 1.165) is 4.90 Å². The molecule has 1 heterocycles. The Morgan fingerprint density at radius 1 is 1.33 bits per heavy atom. The molecule has 0 saturated carbocycles. The van der Waals surface area contributed by atoms with Gasteiger partial charge in [0.05, 0.1) is 23.0 Å². The Bertz CT molecular complexity index is 820. The van der Waals surface area contributed by atoms with Gasteiger partial charge in [-0.25, -0.2) is 0 Å². The molecule has 0 atom stereocenters. The number of hydrogen-bond donors (Lipinski definition) is 1. The molecule has 0 radical (unpaired) electrons. The number of carbonyl (C=O) groups is 2. The van der Waals surface area contributed by atoms with E-state index in [2.05, 4.69) is 16.5 Å². The number of anilines is 1. The number of rotatable bonds is 6. The highest BCUT2D eigenvalue weighted by molar-refractivity contribution is 7.99. The van der Waals surface area contributed by atoms with Crippen LogP contribution in [-0.2, 0) is 11.8 Å². The molecular formula is C17H18N4O2S. The van der Waals surface area contributed by atoms with Crippen LogP contribution in [0.4, 0.5) is 5.69 Å². The van der Waals surface area contributed by atoms with Gasteiger partial charge in [-0.15, -0.1) is 11.8 Å². The number of nitriles is 1. The third kappa shape index (κ3) is 3.84. The maximum Gasteiger partial charge on any atom is 0.296 e. The lowest BCUT2D eigenvalue weighted by Crippen LogP contribution is -2.24. The third-order valence-corrected chi connectivity index (χ3v) is 4.62. The Labute approximate surface area is 144 Å². The highest BCUT2D eigenvalue weighted by Crippen LogP contribution is 2.27. The third-order valence-electron chi connectivity index (χ3n) is 3.55. The Balaban J connectivity index is 2.18. The van der Waals surface area contributed by atoms with Gasteiger partial charge in [0.15, 0.2) is 0 Å². The van der Waals surface area contributed by atoms with Crippen molar-refractivity contribution < 1.29 is 9.59 Å². The molecule has 0 saturated heterocycles. The van der Waals surface area contributed by atoms with Crippen LogP contribution >= 0.6 is 11.8 Å². The quantitative estimate of drug-likeness (QED) is 0.377. The SMILES string of the molecule is Cc1nn(C)c(C)c1C(=O)C(=O)Nc1ccccc1SCCC#N. The standard InChI is InChI=1S/C17H18N4O2S/c1-11-15(12(2)21(3)20-11)16(22)17(23)19-13-7-4-5-8-14(13)24-10-6-9-18/h4-5,7-8H,6,10H2,1-3H3,(H,19,23). The Hall–Kier alpha value is -2.59. The minimum absolute atomic E-state index is 0.338. The molecule has 1 aromatic carbocycles. The number of carbonyl (C=O) groups excluding carboxylic acids is 2. The van der Waals surface area contributed by atoms with E-state index in [9.17, 15) is 9.59 Å². The van der Waals surface area contributed by atoms with Crippen molar-refractivity contribution in [2.24, 2.45) is 7.05 Å². The fourth-order valence-corrected chi connectivity index (χ4v) is 3.16. The van der Waals surface area contributed by atoms with Crippen molar-refractivity contribution in [3.63, 3.8) is 0 Å². The zero-order valence-corrected chi connectivity index (χ0v) is 14.6. The number of hydrogen-bond acceptors (Lipinski definition) is 5. The molecule has 0 spiro atoms. The fourth-order valence-electron chi connectivity index (χ4n) is 2.30. The van der Waals surface area contributed by atoms with Gasteiger partial charge >= 0.3 is 0 Å². The van der Waals surface area contributed by atoms with Crippen molar-refractivity contribution in [1.29, 1.82) is 5.26 Å². The smallest absolute Gasteiger partial charge is 0.296 e. The molecule has 2 aromatic rings. The second-order valence-electron chi connectivity index (χ2n) is 5.21. The summed E-state index contributed by atoms with van der Waals surface area (Å²) in [6.07, 6.45) is 0.417. The van der Waals surface area contributed by atoms with Crippen LogP contribution in [0.2, 0.25) is 0 Å². The maximum absolute atomic E-state index is 12.5. The van der Waals surface area contributed by atoms with E-state index in [1.54, 1.807) is 37.7 Å². The average Bonchev–Trinajstić information content (AvgIpc) is 2.81. The first kappa shape index (κ1) is 17.8. The molecule has 7 heteroatoms. The summed E-state index contributed by atoms with van der Waals surface area (Å²) in [5.74, 6) is -0.671. The van der Waals surface area contributed by atoms with Gasteiger partial charge in [-0.05, 0) is 26.0 Å². The number of nitrogens with zero attached hydrogens (tertiary/aromatic N) is 3. The molecule has 0 unspecified atom stereocenters. The van der Waals surface area contributed by atoms with Gasteiger partial charge in [-0.2, -0.15) is 10.4 Å². The Morgan fingerprint density at radius 3 is 2.67 bits per heavy atom. The van der Waals surface area contributed by atoms with Crippen LogP contribution in [0.5, 0.6) is 0 Å². The minimum atomic E-state index is -0.692. The van der Waals surface area contributed by atoms with Gasteiger partial charge in [0.2, 0.25) is 0 Å². The number of benzene rings is 1. The predicted molar refractivity (Wildman–Crippen MR) is 93.0 cm³/mol. The zero-order chi connectivity index (χ0) is 17.7. The van der Waals surface area contributed by atoms with Gasteiger partial charge in [-0.3, -0.25) is 14.3 Å². The number of aryl methyl sites for hydroxylation is 2. The Morgan fingerprint density at radius 2 is 2.04 bits per heavy atom. The van der Waals surface area contributed by atoms with Crippen molar-refractivity contribution in [2.75, 3.05) is 11.1 Å². The number of ketones is 1. The number of amides is 1. The topological polar surface area (TPSA) is 87.8 Å². The summed E-state index contributed by atoms with van der Waals surface area (Å²) >= 11 is 1.47. The number of para-hydroxylation sites is 1. The molecule has 1 amide bonds. The molecule has 1 aromatic heterocycles. The van der Waals surface area contributed by atoms with Crippen molar-refractivity contribution in [3.05, 3.63) is 41.2 Å². The van der Waals surface area contributed by atoms with Gasteiger partial charge in [0.25, 0.3) is 11.7 Å². The van der Waals surface area contributed by atoms with Crippen molar-refractivity contribution in [2.45, 2.75) is 25.2 Å². The van der Waals surface area contributed by atoms with E-state index in [4.69, 9.17) is 5.26 Å². The molecule has 0 fully saturated rings. The summed E-state index contributed by atoms with van der Waals surface area (Å²) in [5.41, 5.74) is 2.10. The van der Waals surface area contributed by atoms with E-state index in [1.165, 1.54) is 11.8 Å². The fraction of sp³-hybridized carbons (Fsp3) is 0.294. The first-order valence-corrected chi connectivity index (χ1v) is 8.39. The number of Topliss-reactive ketones (excluding diaryl/α,β-unsaturated/α-hetero) is 1. The summed E-state index contributed by atoms with van der Waals surface area (Å²) in [6, 6.07) is 9.31. The molecule has 0 aliphatic rings. The lowest BCUT2D eigenvalue weighted by Gasteiger charge is -2.09. The van der Waals surface area contributed by atoms with Crippen LogP contribution in [0, 0.1) is 25.2 Å². The summed E-state index contributed by atoms with van der Waals surface area (Å²) < 4.78 is 1.58. The van der Waals surface area contributed by atoms with Gasteiger partial charge < -0.3 is 5.32 Å². The largest absolute Gasteiger partial charge is 0.318 e. The summed E-state index contributed by atoms with van der Waals surface area (Å²) in [6.45, 7) is 3.46. The molecule has 1 N–H and O–H groups in total. The lowest BCUT2D eigenvalue weighted by atomic mass is 10.1. The molecular weight excluding hydrogens is 324 g/mol. The second-order valence-corrected chi connectivity index (χ2v) is 6.34. The summed E-state index contributed by atoms with van der Waals surface area (Å²) in [5, 5.41) is 15.5. The van der Waals surface area contributed by atoms with Crippen LogP contribution in [0.1, 0.15) is 28.2 Å². The van der Waals surface area contributed by atoms with E-state index >= 15 is 0 Å². The highest BCUT2D eigenvalue weighted by atomic mass is 32.2. The van der Waals surface area contributed by atoms with E-state index < -0.39 is 11.7 Å². The molecule has 0 bridgehead atoms. The molecule has 0 aliphatic carbocycles. The number of nitrogens with one attached hydrogen (secondary N) is 1. The van der Waals surface area contributed by atoms with Gasteiger partial charge in [-0.1, -0.05) is 12.1 Å². The summed E-state index contributed by atoms with van der Waals surface area (Å²) in [7, 11) is 1.73. The van der Waals surface area contributed by atoms with Crippen LogP contribution < -0.4 is 5.32 Å². The number of thioether (sulfide) groups is 1. The van der Waals surface area contributed by atoms with E-state index in [1.807, 2.05) is 12.1 Å². The normalized spacial score (nSPS) is 10.2. The molecule has 2 rings (SSSR count). The van der Waals surface area contributed by atoms with Gasteiger partial charge in [0, 0.05) is 29.8 Å². The monoisotopic (exact) mass is 342 g/mol. The van der Waals surface area contributed by atoms with Crippen LogP contribution in [0.15, 0.2) is 29.2 Å². The number of aromatic nitrogens is 2. The predicted octanol–water partition coefficient (Wildman–Crippen LogP) is 2.86. The Kier molecular flexibility index (Phi) is 5.77. The van der Waals surface area contributed by atoms with Gasteiger partial charge in [0.1, 0.15) is 0 Å². The lowest BCUT2D eigenvalue weighted by molar-refractivity contribution is -0.112. The van der Waals surface area contributed by atoms with E-state index in [-0.39, 0.29) is 0 Å². The van der Waals surface area contributed by atoms with Crippen molar-refractivity contribution in [3.8, 4) is 6.07 Å². The first-order chi connectivity index (χ1) is 11.5. The first-order valence-electron chi connectivity index (χ1n) is 7.40. The molecule has 6 nitrogen and oxygen atoms in total. The van der Waals surface area contributed by atoms with Crippen molar-refractivity contribution >= 4 is 29.1 Å². The highest BCUT2D eigenvalue weighted by Gasteiger charge is 2.24. The van der Waals surface area contributed by atoms with Crippen LogP contribution in [-0.4, -0.2) is 27.2 Å². The maximum atomic E-state index is 12.5. The van der Waals surface area contributed by atoms with E-state index in [0.29, 0.717) is 34.8 Å². The minimum Gasteiger partial charge on any atom is -0.318 e. The molecule has 0 aliphatic heterocycles. The van der Waals surface area contributed by atoms with Crippen LogP contribution in [0.3, 0.4) is 0 Å². The molecule has 24 heavy (non-hydrogen) atoms. The second kappa shape index (κ2) is 7.79. The zero-order valence-electron chi connectivity index (χ0n) is 13.8. The van der Waals surface area contributed by atoms with Crippen LogP contribution in [0.25, 0.3) is 0 Å². The van der Waals surface area contributed by atoms with Crippen molar-refractivity contribution in [1.82, 2.24) is 9.78 Å².